The first kappa shape index (κ1) is 22.5. The number of aromatic nitrogens is 4. The van der Waals surface area contributed by atoms with Gasteiger partial charge in [0.25, 0.3) is 5.91 Å². The van der Waals surface area contributed by atoms with Gasteiger partial charge in [-0.1, -0.05) is 0 Å². The minimum atomic E-state index is -0.311. The molecule has 0 aliphatic carbocycles. The van der Waals surface area contributed by atoms with Crippen molar-refractivity contribution in [2.75, 3.05) is 37.7 Å². The summed E-state index contributed by atoms with van der Waals surface area (Å²) in [4.78, 5) is 25.8. The fourth-order valence-electron chi connectivity index (χ4n) is 4.08. The van der Waals surface area contributed by atoms with Gasteiger partial charge < -0.3 is 14.5 Å². The Balaban J connectivity index is 1.22. The van der Waals surface area contributed by atoms with Crippen molar-refractivity contribution in [2.24, 2.45) is 0 Å². The predicted molar refractivity (Wildman–Crippen MR) is 131 cm³/mol. The molecule has 0 unspecified atom stereocenters. The Kier molecular flexibility index (Phi) is 6.38. The van der Waals surface area contributed by atoms with E-state index in [-0.39, 0.29) is 11.7 Å². The zero-order valence-electron chi connectivity index (χ0n) is 19.3. The molecule has 0 spiro atoms. The Labute approximate surface area is 202 Å². The molecule has 178 valence electrons. The van der Waals surface area contributed by atoms with Crippen molar-refractivity contribution in [1.29, 1.82) is 0 Å². The van der Waals surface area contributed by atoms with E-state index in [9.17, 15) is 9.18 Å². The molecule has 1 amide bonds. The van der Waals surface area contributed by atoms with Crippen LogP contribution in [0, 0.1) is 5.82 Å². The molecule has 1 aliphatic heterocycles. The maximum atomic E-state index is 13.2. The molecular weight excluding hydrogens is 447 g/mol. The maximum Gasteiger partial charge on any atom is 0.272 e. The Hall–Kier alpha value is -4.27. The number of ether oxygens (including phenoxy) is 1. The van der Waals surface area contributed by atoms with Gasteiger partial charge in [-0.2, -0.15) is 5.10 Å². The number of anilines is 1. The first-order valence-corrected chi connectivity index (χ1v) is 11.5. The average Bonchev–Trinajstić information content (AvgIpc) is 3.40. The van der Waals surface area contributed by atoms with E-state index >= 15 is 0 Å². The Bertz CT molecular complexity index is 1300. The van der Waals surface area contributed by atoms with Crippen molar-refractivity contribution in [2.45, 2.75) is 6.92 Å². The summed E-state index contributed by atoms with van der Waals surface area (Å²) in [5, 5.41) is 7.04. The molecule has 0 atom stereocenters. The highest BCUT2D eigenvalue weighted by Crippen LogP contribution is 2.24. The molecule has 2 aromatic carbocycles. The number of hydrogen-bond acceptors (Lipinski definition) is 6. The van der Waals surface area contributed by atoms with Crippen LogP contribution < -0.4 is 9.64 Å². The number of H-pyrrole nitrogens is 1. The smallest absolute Gasteiger partial charge is 0.272 e. The number of nitrogens with one attached hydrogen (secondary N) is 1. The van der Waals surface area contributed by atoms with Crippen LogP contribution in [0.3, 0.4) is 0 Å². The normalized spacial score (nSPS) is 13.7. The summed E-state index contributed by atoms with van der Waals surface area (Å²) in [6.45, 7) is 5.02. The van der Waals surface area contributed by atoms with Gasteiger partial charge in [0.1, 0.15) is 29.4 Å². The van der Waals surface area contributed by atoms with Gasteiger partial charge in [-0.05, 0) is 61.5 Å². The molecule has 3 heterocycles. The monoisotopic (exact) mass is 472 g/mol. The van der Waals surface area contributed by atoms with Gasteiger partial charge in [-0.3, -0.25) is 9.89 Å². The number of hydrogen-bond donors (Lipinski definition) is 1. The molecule has 0 bridgehead atoms. The molecule has 8 nitrogen and oxygen atoms in total. The van der Waals surface area contributed by atoms with Crippen LogP contribution in [0.2, 0.25) is 0 Å². The molecule has 0 radical (unpaired) electrons. The number of benzene rings is 2. The van der Waals surface area contributed by atoms with E-state index in [1.54, 1.807) is 29.4 Å². The van der Waals surface area contributed by atoms with E-state index in [1.165, 1.54) is 12.1 Å². The minimum absolute atomic E-state index is 0.108. The van der Waals surface area contributed by atoms with Gasteiger partial charge >= 0.3 is 0 Å². The van der Waals surface area contributed by atoms with E-state index in [2.05, 4.69) is 25.1 Å². The Morgan fingerprint density at radius 1 is 0.943 bits per heavy atom. The summed E-state index contributed by atoms with van der Waals surface area (Å²) in [7, 11) is 0. The first-order chi connectivity index (χ1) is 17.1. The number of amides is 1. The maximum absolute atomic E-state index is 13.2. The largest absolute Gasteiger partial charge is 0.494 e. The molecule has 35 heavy (non-hydrogen) atoms. The number of carbonyl (C=O) groups excluding carboxylic acids is 1. The van der Waals surface area contributed by atoms with Crippen molar-refractivity contribution in [1.82, 2.24) is 25.1 Å². The third-order valence-corrected chi connectivity index (χ3v) is 5.95. The fraction of sp³-hybridized carbons (Fsp3) is 0.231. The fourth-order valence-corrected chi connectivity index (χ4v) is 4.08. The van der Waals surface area contributed by atoms with Crippen LogP contribution in [0.5, 0.6) is 5.75 Å². The van der Waals surface area contributed by atoms with Crippen molar-refractivity contribution in [3.05, 3.63) is 78.5 Å². The quantitative estimate of drug-likeness (QED) is 0.456. The summed E-state index contributed by atoms with van der Waals surface area (Å²) in [5.41, 5.74) is 3.59. The van der Waals surface area contributed by atoms with Gasteiger partial charge in [-0.25, -0.2) is 14.4 Å². The zero-order valence-corrected chi connectivity index (χ0v) is 19.3. The molecule has 4 aromatic rings. The number of nitrogens with zero attached hydrogens (tertiary/aromatic N) is 5. The standard InChI is InChI=1S/C26H25FN6O2/c1-2-35-21-9-5-18(6-10-21)22-16-25(29-17-28-22)32-11-13-33(14-12-32)26(34)24-15-23(30-31-24)19-3-7-20(27)8-4-19/h3-10,15-17H,2,11-14H2,1H3,(H,30,31). The molecule has 1 fully saturated rings. The van der Waals surface area contributed by atoms with Crippen molar-refractivity contribution in [3.63, 3.8) is 0 Å². The van der Waals surface area contributed by atoms with E-state index in [4.69, 9.17) is 4.74 Å². The lowest BCUT2D eigenvalue weighted by atomic mass is 10.1. The van der Waals surface area contributed by atoms with Crippen molar-refractivity contribution >= 4 is 11.7 Å². The van der Waals surface area contributed by atoms with Gasteiger partial charge in [-0.15, -0.1) is 0 Å². The summed E-state index contributed by atoms with van der Waals surface area (Å²) in [6, 6.07) is 17.5. The second-order valence-corrected chi connectivity index (χ2v) is 8.17. The molecule has 1 N–H and O–H groups in total. The second-order valence-electron chi connectivity index (χ2n) is 8.17. The van der Waals surface area contributed by atoms with Crippen LogP contribution in [-0.2, 0) is 0 Å². The summed E-state index contributed by atoms with van der Waals surface area (Å²) in [5.74, 6) is 1.24. The van der Waals surface area contributed by atoms with Gasteiger partial charge in [0.05, 0.1) is 18.0 Å². The van der Waals surface area contributed by atoms with Crippen LogP contribution >= 0.6 is 0 Å². The van der Waals surface area contributed by atoms with Crippen LogP contribution in [0.25, 0.3) is 22.5 Å². The molecule has 1 aliphatic rings. The Morgan fingerprint density at radius 3 is 2.34 bits per heavy atom. The van der Waals surface area contributed by atoms with Crippen molar-refractivity contribution in [3.8, 4) is 28.3 Å². The Morgan fingerprint density at radius 2 is 1.63 bits per heavy atom. The van der Waals surface area contributed by atoms with E-state index < -0.39 is 0 Å². The molecular formula is C26H25FN6O2. The summed E-state index contributed by atoms with van der Waals surface area (Å²) >= 11 is 0. The second kappa shape index (κ2) is 9.92. The molecule has 2 aromatic heterocycles. The SMILES string of the molecule is CCOc1ccc(-c2cc(N3CCN(C(=O)c4cc(-c5ccc(F)cc5)n[nH]4)CC3)ncn2)cc1. The lowest BCUT2D eigenvalue weighted by Gasteiger charge is -2.35. The van der Waals surface area contributed by atoms with E-state index in [1.807, 2.05) is 37.3 Å². The summed E-state index contributed by atoms with van der Waals surface area (Å²) in [6.07, 6.45) is 1.57. The van der Waals surface area contributed by atoms with Crippen LogP contribution in [0.1, 0.15) is 17.4 Å². The highest BCUT2D eigenvalue weighted by atomic mass is 19.1. The molecule has 5 rings (SSSR count). The van der Waals surface area contributed by atoms with Gasteiger partial charge in [0.15, 0.2) is 0 Å². The highest BCUT2D eigenvalue weighted by molar-refractivity contribution is 5.93. The van der Waals surface area contributed by atoms with E-state index in [0.29, 0.717) is 44.2 Å². The zero-order chi connectivity index (χ0) is 24.2. The number of aromatic amines is 1. The predicted octanol–water partition coefficient (Wildman–Crippen LogP) is 4.03. The lowest BCUT2D eigenvalue weighted by molar-refractivity contribution is 0.0740. The van der Waals surface area contributed by atoms with Crippen LogP contribution in [-0.4, -0.2) is 63.8 Å². The molecule has 1 saturated heterocycles. The average molecular weight is 473 g/mol. The molecule has 0 saturated carbocycles. The number of carbonyl (C=O) groups is 1. The van der Waals surface area contributed by atoms with E-state index in [0.717, 1.165) is 28.4 Å². The topological polar surface area (TPSA) is 87.2 Å². The minimum Gasteiger partial charge on any atom is -0.494 e. The van der Waals surface area contributed by atoms with Crippen LogP contribution in [0.4, 0.5) is 10.2 Å². The highest BCUT2D eigenvalue weighted by Gasteiger charge is 2.24. The number of piperazine rings is 1. The van der Waals surface area contributed by atoms with Crippen molar-refractivity contribution < 1.29 is 13.9 Å². The lowest BCUT2D eigenvalue weighted by Crippen LogP contribution is -2.49. The van der Waals surface area contributed by atoms with Gasteiger partial charge in [0.2, 0.25) is 0 Å². The third kappa shape index (κ3) is 4.98. The first-order valence-electron chi connectivity index (χ1n) is 11.5. The number of halogens is 1. The van der Waals surface area contributed by atoms with Gasteiger partial charge in [0, 0.05) is 43.4 Å². The summed E-state index contributed by atoms with van der Waals surface area (Å²) < 4.78 is 18.7. The van der Waals surface area contributed by atoms with Crippen LogP contribution in [0.15, 0.2) is 67.0 Å². The third-order valence-electron chi connectivity index (χ3n) is 5.95. The molecule has 9 heteroatoms. The number of rotatable bonds is 6.